The third kappa shape index (κ3) is 4.98. The van der Waals surface area contributed by atoms with Gasteiger partial charge in [-0.05, 0) is 51.4 Å². The quantitative estimate of drug-likeness (QED) is 0.681. The van der Waals surface area contributed by atoms with Gasteiger partial charge in [-0.1, -0.05) is 27.2 Å². The zero-order valence-corrected chi connectivity index (χ0v) is 10.8. The van der Waals surface area contributed by atoms with Gasteiger partial charge in [-0.15, -0.1) is 0 Å². The molecule has 15 heavy (non-hydrogen) atoms. The lowest BCUT2D eigenvalue weighted by molar-refractivity contribution is 0.147. The van der Waals surface area contributed by atoms with Crippen LogP contribution in [0.15, 0.2) is 0 Å². The third-order valence-electron chi connectivity index (χ3n) is 3.36. The lowest BCUT2D eigenvalue weighted by Crippen LogP contribution is -2.41. The Balaban J connectivity index is 2.12. The average Bonchev–Trinajstić information content (AvgIpc) is 2.24. The van der Waals surface area contributed by atoms with Crippen LogP contribution in [0.25, 0.3) is 0 Å². The second-order valence-corrected chi connectivity index (χ2v) is 5.16. The van der Waals surface area contributed by atoms with Crippen molar-refractivity contribution in [3.8, 4) is 0 Å². The van der Waals surface area contributed by atoms with Crippen molar-refractivity contribution in [3.05, 3.63) is 0 Å². The zero-order chi connectivity index (χ0) is 11.1. The minimum Gasteiger partial charge on any atom is -0.316 e. The Bertz CT molecular complexity index is 157. The number of rotatable bonds is 6. The van der Waals surface area contributed by atoms with Gasteiger partial charge >= 0.3 is 0 Å². The van der Waals surface area contributed by atoms with E-state index in [1.807, 2.05) is 0 Å². The van der Waals surface area contributed by atoms with Crippen molar-refractivity contribution >= 4 is 0 Å². The first-order chi connectivity index (χ1) is 7.24. The largest absolute Gasteiger partial charge is 0.316 e. The van der Waals surface area contributed by atoms with Gasteiger partial charge in [-0.3, -0.25) is 0 Å². The van der Waals surface area contributed by atoms with E-state index < -0.39 is 0 Å². The van der Waals surface area contributed by atoms with E-state index in [1.54, 1.807) is 0 Å². The molecule has 1 rings (SSSR count). The fourth-order valence-corrected chi connectivity index (χ4v) is 2.46. The van der Waals surface area contributed by atoms with E-state index in [0.29, 0.717) is 0 Å². The van der Waals surface area contributed by atoms with Gasteiger partial charge in [0.05, 0.1) is 0 Å². The Hall–Kier alpha value is -0.0800. The van der Waals surface area contributed by atoms with E-state index in [1.165, 1.54) is 51.9 Å². The fourth-order valence-electron chi connectivity index (χ4n) is 2.46. The summed E-state index contributed by atoms with van der Waals surface area (Å²) in [5, 5.41) is 3.55. The molecule has 0 saturated carbocycles. The van der Waals surface area contributed by atoms with E-state index in [2.05, 4.69) is 31.0 Å². The van der Waals surface area contributed by atoms with Gasteiger partial charge in [0, 0.05) is 6.04 Å². The molecule has 0 aromatic rings. The molecule has 1 aliphatic rings. The number of nitrogens with zero attached hydrogens (tertiary/aromatic N) is 1. The van der Waals surface area contributed by atoms with Crippen molar-refractivity contribution in [2.24, 2.45) is 5.92 Å². The summed E-state index contributed by atoms with van der Waals surface area (Å²) in [6.07, 6.45) is 5.59. The molecule has 1 atom stereocenters. The maximum absolute atomic E-state index is 3.55. The molecule has 1 saturated heterocycles. The Morgan fingerprint density at radius 3 is 2.80 bits per heavy atom. The van der Waals surface area contributed by atoms with Crippen molar-refractivity contribution in [2.45, 2.75) is 52.5 Å². The molecule has 0 spiro atoms. The van der Waals surface area contributed by atoms with Crippen LogP contribution in [0.3, 0.4) is 0 Å². The highest BCUT2D eigenvalue weighted by Crippen LogP contribution is 2.18. The standard InChI is InChI=1S/C13H28N2/c1-4-15-10-6-5-7-13(15)8-9-14-11-12(2)3/h12-14H,4-11H2,1-3H3. The van der Waals surface area contributed by atoms with E-state index in [-0.39, 0.29) is 0 Å². The monoisotopic (exact) mass is 212 g/mol. The van der Waals surface area contributed by atoms with Crippen molar-refractivity contribution in [2.75, 3.05) is 26.2 Å². The van der Waals surface area contributed by atoms with Crippen LogP contribution >= 0.6 is 0 Å². The molecule has 1 unspecified atom stereocenters. The van der Waals surface area contributed by atoms with Gasteiger partial charge in [-0.2, -0.15) is 0 Å². The first-order valence-electron chi connectivity index (χ1n) is 6.68. The zero-order valence-electron chi connectivity index (χ0n) is 10.8. The number of nitrogens with one attached hydrogen (secondary N) is 1. The van der Waals surface area contributed by atoms with Gasteiger partial charge in [0.1, 0.15) is 0 Å². The molecule has 1 aliphatic heterocycles. The molecule has 0 amide bonds. The van der Waals surface area contributed by atoms with Crippen LogP contribution in [0.1, 0.15) is 46.5 Å². The highest BCUT2D eigenvalue weighted by Gasteiger charge is 2.19. The molecule has 1 N–H and O–H groups in total. The summed E-state index contributed by atoms with van der Waals surface area (Å²) in [4.78, 5) is 2.65. The van der Waals surface area contributed by atoms with Crippen molar-refractivity contribution < 1.29 is 0 Å². The smallest absolute Gasteiger partial charge is 0.0107 e. The lowest BCUT2D eigenvalue weighted by atomic mass is 9.99. The fraction of sp³-hybridized carbons (Fsp3) is 1.00. The third-order valence-corrected chi connectivity index (χ3v) is 3.36. The van der Waals surface area contributed by atoms with Crippen molar-refractivity contribution in [1.82, 2.24) is 10.2 Å². The SMILES string of the molecule is CCN1CCCCC1CCNCC(C)C. The van der Waals surface area contributed by atoms with Crippen LogP contribution in [0.4, 0.5) is 0 Å². The predicted octanol–water partition coefficient (Wildman–Crippen LogP) is 2.50. The number of piperidine rings is 1. The number of likely N-dealkylation sites (tertiary alicyclic amines) is 1. The van der Waals surface area contributed by atoms with Crippen molar-refractivity contribution in [1.29, 1.82) is 0 Å². The molecular formula is C13H28N2. The van der Waals surface area contributed by atoms with E-state index in [0.717, 1.165) is 12.0 Å². The van der Waals surface area contributed by atoms with Gasteiger partial charge in [0.25, 0.3) is 0 Å². The highest BCUT2D eigenvalue weighted by atomic mass is 15.2. The first kappa shape index (κ1) is 13.0. The van der Waals surface area contributed by atoms with Crippen LogP contribution in [0, 0.1) is 5.92 Å². The summed E-state index contributed by atoms with van der Waals surface area (Å²) in [6.45, 7) is 11.7. The van der Waals surface area contributed by atoms with Crippen LogP contribution in [-0.4, -0.2) is 37.1 Å². The molecule has 90 valence electrons. The molecule has 1 heterocycles. The summed E-state index contributed by atoms with van der Waals surface area (Å²) in [7, 11) is 0. The molecule has 0 bridgehead atoms. The average molecular weight is 212 g/mol. The molecule has 2 heteroatoms. The summed E-state index contributed by atoms with van der Waals surface area (Å²) < 4.78 is 0. The Morgan fingerprint density at radius 1 is 1.33 bits per heavy atom. The van der Waals surface area contributed by atoms with Gasteiger partial charge in [-0.25, -0.2) is 0 Å². The number of hydrogen-bond acceptors (Lipinski definition) is 2. The molecule has 2 nitrogen and oxygen atoms in total. The predicted molar refractivity (Wildman–Crippen MR) is 67.2 cm³/mol. The highest BCUT2D eigenvalue weighted by molar-refractivity contribution is 4.76. The molecule has 0 radical (unpaired) electrons. The Kier molecular flexibility index (Phi) is 6.26. The summed E-state index contributed by atoms with van der Waals surface area (Å²) in [5.41, 5.74) is 0. The molecule has 0 aromatic heterocycles. The Morgan fingerprint density at radius 2 is 2.13 bits per heavy atom. The second-order valence-electron chi connectivity index (χ2n) is 5.16. The van der Waals surface area contributed by atoms with Gasteiger partial charge in [0.2, 0.25) is 0 Å². The topological polar surface area (TPSA) is 15.3 Å². The molecule has 0 aromatic carbocycles. The summed E-state index contributed by atoms with van der Waals surface area (Å²) in [6, 6.07) is 0.850. The van der Waals surface area contributed by atoms with E-state index in [9.17, 15) is 0 Å². The van der Waals surface area contributed by atoms with Crippen LogP contribution < -0.4 is 5.32 Å². The van der Waals surface area contributed by atoms with Crippen molar-refractivity contribution in [3.63, 3.8) is 0 Å². The first-order valence-corrected chi connectivity index (χ1v) is 6.68. The van der Waals surface area contributed by atoms with Crippen LogP contribution in [0.2, 0.25) is 0 Å². The lowest BCUT2D eigenvalue weighted by Gasteiger charge is -2.35. The molecular weight excluding hydrogens is 184 g/mol. The maximum Gasteiger partial charge on any atom is 0.0107 e. The summed E-state index contributed by atoms with van der Waals surface area (Å²) >= 11 is 0. The van der Waals surface area contributed by atoms with Crippen LogP contribution in [-0.2, 0) is 0 Å². The maximum atomic E-state index is 3.55. The van der Waals surface area contributed by atoms with E-state index in [4.69, 9.17) is 0 Å². The molecule has 1 fully saturated rings. The van der Waals surface area contributed by atoms with Gasteiger partial charge < -0.3 is 10.2 Å². The Labute approximate surface area is 95.4 Å². The van der Waals surface area contributed by atoms with Crippen LogP contribution in [0.5, 0.6) is 0 Å². The van der Waals surface area contributed by atoms with Gasteiger partial charge in [0.15, 0.2) is 0 Å². The second kappa shape index (κ2) is 7.24. The summed E-state index contributed by atoms with van der Waals surface area (Å²) in [5.74, 6) is 0.777. The molecule has 0 aliphatic carbocycles. The normalized spacial score (nSPS) is 23.6. The number of hydrogen-bond donors (Lipinski definition) is 1. The minimum atomic E-state index is 0.777. The minimum absolute atomic E-state index is 0.777. The van der Waals surface area contributed by atoms with E-state index >= 15 is 0 Å².